The van der Waals surface area contributed by atoms with Gasteiger partial charge in [0.25, 0.3) is 15.9 Å². The van der Waals surface area contributed by atoms with E-state index in [2.05, 4.69) is 10.0 Å². The maximum atomic E-state index is 12.5. The number of nitrogens with one attached hydrogen (secondary N) is 2. The minimum atomic E-state index is -3.65. The summed E-state index contributed by atoms with van der Waals surface area (Å²) >= 11 is 1.11. The van der Waals surface area contributed by atoms with E-state index in [1.165, 1.54) is 48.5 Å². The van der Waals surface area contributed by atoms with Crippen LogP contribution in [0.4, 0.5) is 5.69 Å². The number of carbonyl (C=O) groups is 2. The fraction of sp³-hybridized carbons (Fsp3) is 0.158. The highest BCUT2D eigenvalue weighted by atomic mass is 32.2. The Morgan fingerprint density at radius 3 is 2.48 bits per heavy atom. The van der Waals surface area contributed by atoms with Gasteiger partial charge in [0.1, 0.15) is 9.97 Å². The van der Waals surface area contributed by atoms with Crippen LogP contribution in [-0.2, 0) is 21.4 Å². The molecule has 0 saturated carbocycles. The van der Waals surface area contributed by atoms with Gasteiger partial charge in [0.05, 0.1) is 19.4 Å². The summed E-state index contributed by atoms with van der Waals surface area (Å²) in [5.74, 6) is -0.0590. The van der Waals surface area contributed by atoms with E-state index in [0.717, 1.165) is 11.3 Å². The number of sulfonamides is 1. The lowest BCUT2D eigenvalue weighted by Crippen LogP contribution is -2.38. The molecule has 10 heteroatoms. The molecule has 0 radical (unpaired) electrons. The predicted octanol–water partition coefficient (Wildman–Crippen LogP) is 2.53. The number of hydrogen-bond donors (Lipinski definition) is 2. The number of nitrogens with zero attached hydrogens (tertiary/aromatic N) is 1. The van der Waals surface area contributed by atoms with E-state index in [-0.39, 0.29) is 29.1 Å². The Morgan fingerprint density at radius 2 is 1.86 bits per heavy atom. The molecule has 0 spiro atoms. The Hall–Kier alpha value is -3.11. The number of carbonyl (C=O) groups excluding carboxylic acids is 2. The van der Waals surface area contributed by atoms with E-state index in [1.54, 1.807) is 23.6 Å². The molecule has 0 aliphatic carbocycles. The minimum absolute atomic E-state index is 0.119. The molecule has 0 fully saturated rings. The number of hydrogen-bond acceptors (Lipinski definition) is 6. The van der Waals surface area contributed by atoms with Crippen LogP contribution in [0, 0.1) is 0 Å². The van der Waals surface area contributed by atoms with Crippen LogP contribution in [0.2, 0.25) is 0 Å². The van der Waals surface area contributed by atoms with Crippen molar-refractivity contribution in [1.82, 2.24) is 10.2 Å². The zero-order chi connectivity index (χ0) is 20.9. The van der Waals surface area contributed by atoms with Crippen molar-refractivity contribution in [2.24, 2.45) is 0 Å². The number of anilines is 1. The molecule has 0 saturated heterocycles. The highest BCUT2D eigenvalue weighted by molar-refractivity contribution is 7.94. The maximum Gasteiger partial charge on any atom is 0.271 e. The highest BCUT2D eigenvalue weighted by Crippen LogP contribution is 2.20. The molecule has 3 aromatic rings. The summed E-state index contributed by atoms with van der Waals surface area (Å²) in [6.07, 6.45) is 1.52. The Labute approximate surface area is 172 Å². The molecular formula is C19H19N3O5S2. The standard InChI is InChI=1S/C19H19N3O5S2/c1-22(13-17(23)20-12-16-4-2-10-27-16)19(24)14-6-8-15(9-7-14)21-29(25,26)18-5-3-11-28-18/h2-11,21H,12-13H2,1H3,(H,20,23). The van der Waals surface area contributed by atoms with Gasteiger partial charge in [-0.05, 0) is 47.8 Å². The molecule has 0 bridgehead atoms. The van der Waals surface area contributed by atoms with Crippen molar-refractivity contribution in [1.29, 1.82) is 0 Å². The van der Waals surface area contributed by atoms with Gasteiger partial charge in [-0.1, -0.05) is 6.07 Å². The SMILES string of the molecule is CN(CC(=O)NCc1ccco1)C(=O)c1ccc(NS(=O)(=O)c2cccs2)cc1. The van der Waals surface area contributed by atoms with Gasteiger partial charge in [0.2, 0.25) is 5.91 Å². The first kappa shape index (κ1) is 20.6. The first-order valence-electron chi connectivity index (χ1n) is 8.56. The number of thiophene rings is 1. The fourth-order valence-electron chi connectivity index (χ4n) is 2.47. The number of furan rings is 1. The summed E-state index contributed by atoms with van der Waals surface area (Å²) in [6.45, 7) is 0.124. The van der Waals surface area contributed by atoms with E-state index in [9.17, 15) is 18.0 Å². The maximum absolute atomic E-state index is 12.5. The highest BCUT2D eigenvalue weighted by Gasteiger charge is 2.17. The summed E-state index contributed by atoms with van der Waals surface area (Å²) < 4.78 is 32.3. The summed E-state index contributed by atoms with van der Waals surface area (Å²) in [7, 11) is -2.13. The van der Waals surface area contributed by atoms with Crippen LogP contribution in [-0.4, -0.2) is 38.7 Å². The van der Waals surface area contributed by atoms with Crippen LogP contribution in [0.15, 0.2) is 68.8 Å². The lowest BCUT2D eigenvalue weighted by molar-refractivity contribution is -0.121. The van der Waals surface area contributed by atoms with Crippen LogP contribution in [0.3, 0.4) is 0 Å². The number of benzene rings is 1. The third kappa shape index (κ3) is 5.46. The zero-order valence-electron chi connectivity index (χ0n) is 15.5. The second kappa shape index (κ2) is 8.93. The van der Waals surface area contributed by atoms with Gasteiger partial charge in [-0.15, -0.1) is 11.3 Å². The molecule has 152 valence electrons. The Bertz CT molecular complexity index is 1060. The van der Waals surface area contributed by atoms with Crippen molar-refractivity contribution in [2.75, 3.05) is 18.3 Å². The summed E-state index contributed by atoms with van der Waals surface area (Å²) in [4.78, 5) is 25.8. The first-order chi connectivity index (χ1) is 13.8. The lowest BCUT2D eigenvalue weighted by Gasteiger charge is -2.17. The van der Waals surface area contributed by atoms with Crippen LogP contribution in [0.25, 0.3) is 0 Å². The second-order valence-corrected chi connectivity index (χ2v) is 8.99. The van der Waals surface area contributed by atoms with E-state index < -0.39 is 10.0 Å². The van der Waals surface area contributed by atoms with E-state index in [1.807, 2.05) is 0 Å². The van der Waals surface area contributed by atoms with Gasteiger partial charge in [-0.2, -0.15) is 0 Å². The van der Waals surface area contributed by atoms with Gasteiger partial charge in [-0.3, -0.25) is 14.3 Å². The van der Waals surface area contributed by atoms with Crippen LogP contribution in [0.5, 0.6) is 0 Å². The molecular weight excluding hydrogens is 414 g/mol. The molecule has 3 rings (SSSR count). The Morgan fingerprint density at radius 1 is 1.10 bits per heavy atom. The third-order valence-electron chi connectivity index (χ3n) is 3.91. The van der Waals surface area contributed by atoms with Crippen molar-refractivity contribution < 1.29 is 22.4 Å². The average Bonchev–Trinajstić information content (AvgIpc) is 3.40. The van der Waals surface area contributed by atoms with Gasteiger partial charge in [0.15, 0.2) is 0 Å². The molecule has 0 atom stereocenters. The van der Waals surface area contributed by atoms with Gasteiger partial charge < -0.3 is 14.6 Å². The van der Waals surface area contributed by atoms with Crippen LogP contribution in [0.1, 0.15) is 16.1 Å². The predicted molar refractivity (Wildman–Crippen MR) is 109 cm³/mol. The normalized spacial score (nSPS) is 11.1. The monoisotopic (exact) mass is 433 g/mol. The third-order valence-corrected chi connectivity index (χ3v) is 6.69. The summed E-state index contributed by atoms with van der Waals surface area (Å²) in [6, 6.07) is 12.6. The van der Waals surface area contributed by atoms with Gasteiger partial charge >= 0.3 is 0 Å². The summed E-state index contributed by atoms with van der Waals surface area (Å²) in [5.41, 5.74) is 0.680. The number of rotatable bonds is 8. The largest absolute Gasteiger partial charge is 0.467 e. The zero-order valence-corrected chi connectivity index (χ0v) is 17.1. The molecule has 2 amide bonds. The smallest absolute Gasteiger partial charge is 0.271 e. The van der Waals surface area contributed by atoms with E-state index in [0.29, 0.717) is 17.0 Å². The van der Waals surface area contributed by atoms with Gasteiger partial charge in [0, 0.05) is 18.3 Å². The molecule has 2 aromatic heterocycles. The molecule has 2 heterocycles. The topological polar surface area (TPSA) is 109 Å². The summed E-state index contributed by atoms with van der Waals surface area (Å²) in [5, 5.41) is 4.35. The van der Waals surface area contributed by atoms with Crippen LogP contribution < -0.4 is 10.0 Å². The molecule has 0 aliphatic heterocycles. The quantitative estimate of drug-likeness (QED) is 0.567. The minimum Gasteiger partial charge on any atom is -0.467 e. The molecule has 1 aromatic carbocycles. The van der Waals surface area contributed by atoms with Crippen molar-refractivity contribution in [3.8, 4) is 0 Å². The van der Waals surface area contributed by atoms with Crippen molar-refractivity contribution >= 4 is 38.9 Å². The molecule has 2 N–H and O–H groups in total. The van der Waals surface area contributed by atoms with Crippen molar-refractivity contribution in [3.63, 3.8) is 0 Å². The average molecular weight is 434 g/mol. The van der Waals surface area contributed by atoms with Gasteiger partial charge in [-0.25, -0.2) is 8.42 Å². The van der Waals surface area contributed by atoms with E-state index >= 15 is 0 Å². The van der Waals surface area contributed by atoms with Crippen LogP contribution >= 0.6 is 11.3 Å². The number of amides is 2. The van der Waals surface area contributed by atoms with Crippen molar-refractivity contribution in [2.45, 2.75) is 10.8 Å². The second-order valence-electron chi connectivity index (χ2n) is 6.13. The Kier molecular flexibility index (Phi) is 6.35. The molecule has 29 heavy (non-hydrogen) atoms. The molecule has 8 nitrogen and oxygen atoms in total. The first-order valence-corrected chi connectivity index (χ1v) is 10.9. The lowest BCUT2D eigenvalue weighted by atomic mass is 10.2. The number of likely N-dealkylation sites (N-methyl/N-ethyl adjacent to an activating group) is 1. The Balaban J connectivity index is 1.55. The molecule has 0 unspecified atom stereocenters. The fourth-order valence-corrected chi connectivity index (χ4v) is 4.52. The molecule has 0 aliphatic rings. The van der Waals surface area contributed by atoms with E-state index in [4.69, 9.17) is 4.42 Å². The van der Waals surface area contributed by atoms with Crippen molar-refractivity contribution in [3.05, 3.63) is 71.5 Å².